The zero-order valence-electron chi connectivity index (χ0n) is 56.6. The number of aliphatic hydroxyl groups is 17. The molecule has 7 heterocycles. The number of fused-ring (bicyclic) bond motifs is 4. The van der Waals surface area contributed by atoms with Gasteiger partial charge in [-0.1, -0.05) is 44.9 Å². The van der Waals surface area contributed by atoms with E-state index in [2.05, 4.69) is 40.3 Å². The third-order valence-corrected chi connectivity index (χ3v) is 24.2. The Bertz CT molecular complexity index is 2830. The first-order valence-corrected chi connectivity index (χ1v) is 34.4. The molecule has 0 radical (unpaired) electrons. The zero-order chi connectivity index (χ0) is 72.1. The molecule has 99 heavy (non-hydrogen) atoms. The number of Topliss-reactive ketones (excluding diaryl/α,β-unsaturated/α-hetero) is 1. The van der Waals surface area contributed by atoms with Crippen LogP contribution in [0, 0.1) is 39.4 Å². The van der Waals surface area contributed by atoms with Gasteiger partial charge in [0.25, 0.3) is 0 Å². The highest BCUT2D eigenvalue weighted by Crippen LogP contribution is 2.75. The molecule has 37 atom stereocenters. The molecule has 3 saturated carbocycles. The average Bonchev–Trinajstić information content (AvgIpc) is 1.51. The Morgan fingerprint density at radius 1 is 0.535 bits per heavy atom. The van der Waals surface area contributed by atoms with Crippen molar-refractivity contribution in [2.24, 2.45) is 39.4 Å². The van der Waals surface area contributed by atoms with E-state index in [4.69, 9.17) is 66.3 Å². The first-order valence-electron chi connectivity index (χ1n) is 34.4. The van der Waals surface area contributed by atoms with Gasteiger partial charge in [0.15, 0.2) is 37.7 Å². The summed E-state index contributed by atoms with van der Waals surface area (Å²) in [5.41, 5.74) is -1.78. The molecule has 11 rings (SSSR count). The van der Waals surface area contributed by atoms with Crippen molar-refractivity contribution in [2.45, 2.75) is 289 Å². The Kier molecular flexibility index (Phi) is 23.5. The van der Waals surface area contributed by atoms with Gasteiger partial charge in [0, 0.05) is 13.5 Å². The van der Waals surface area contributed by atoms with E-state index >= 15 is 0 Å². The lowest BCUT2D eigenvalue weighted by atomic mass is 9.41. The summed E-state index contributed by atoms with van der Waals surface area (Å²) in [7, 11) is 1.17. The van der Waals surface area contributed by atoms with Gasteiger partial charge in [-0.2, -0.15) is 0 Å². The highest BCUT2D eigenvalue weighted by Gasteiger charge is 2.79. The van der Waals surface area contributed by atoms with Crippen LogP contribution < -0.4 is 0 Å². The number of esters is 1. The smallest absolute Gasteiger partial charge is 0.314 e. The molecule has 7 aliphatic heterocycles. The van der Waals surface area contributed by atoms with Gasteiger partial charge in [0.05, 0.1) is 57.1 Å². The fourth-order valence-electron chi connectivity index (χ4n) is 18.8. The highest BCUT2D eigenvalue weighted by molar-refractivity contribution is 5.99. The Morgan fingerprint density at radius 2 is 1.02 bits per heavy atom. The van der Waals surface area contributed by atoms with Crippen molar-refractivity contribution in [2.75, 3.05) is 46.8 Å². The molecule has 17 N–H and O–H groups in total. The van der Waals surface area contributed by atoms with Crippen LogP contribution in [0.2, 0.25) is 0 Å². The van der Waals surface area contributed by atoms with E-state index in [9.17, 15) is 96.4 Å². The van der Waals surface area contributed by atoms with Crippen molar-refractivity contribution < 1.29 is 163 Å². The number of carbonyl (C=O) groups is 2. The minimum Gasteiger partial charge on any atom is -0.458 e. The van der Waals surface area contributed by atoms with E-state index in [-0.39, 0.29) is 30.0 Å². The number of cyclic esters (lactones) is 1. The van der Waals surface area contributed by atoms with Crippen LogP contribution in [-0.4, -0.2) is 335 Å². The fourth-order valence-corrected chi connectivity index (χ4v) is 18.8. The number of ketones is 1. The number of hydrogen-bond acceptors (Lipinski definition) is 33. The minimum atomic E-state index is -2.21. The summed E-state index contributed by atoms with van der Waals surface area (Å²) in [5.74, 6) is -1.14. The summed E-state index contributed by atoms with van der Waals surface area (Å²) in [6.45, 7) is 11.2. The summed E-state index contributed by atoms with van der Waals surface area (Å²) >= 11 is 0. The van der Waals surface area contributed by atoms with Crippen molar-refractivity contribution in [1.82, 2.24) is 0 Å². The lowest BCUT2D eigenvalue weighted by Gasteiger charge is -2.63. The number of hydrogen-bond donors (Lipinski definition) is 17. The Hall–Kier alpha value is -2.58. The molecular weight excluding hydrogens is 1320 g/mol. The predicted molar refractivity (Wildman–Crippen MR) is 327 cm³/mol. The Labute approximate surface area is 571 Å². The Balaban J connectivity index is 0.845. The van der Waals surface area contributed by atoms with E-state index < -0.39 is 257 Å². The zero-order valence-corrected chi connectivity index (χ0v) is 56.6. The molecule has 0 aromatic heterocycles. The van der Waals surface area contributed by atoms with Gasteiger partial charge in [-0.15, -0.1) is 6.58 Å². The molecule has 1 spiro atoms. The second kappa shape index (κ2) is 30.0. The Morgan fingerprint density at radius 3 is 1.57 bits per heavy atom. The third-order valence-electron chi connectivity index (χ3n) is 24.2. The summed E-state index contributed by atoms with van der Waals surface area (Å²) < 4.78 is 84.0. The monoisotopic (exact) mass is 1420 g/mol. The number of allylic oxidation sites excluding steroid dienone is 3. The van der Waals surface area contributed by atoms with Crippen LogP contribution in [0.3, 0.4) is 0 Å². The van der Waals surface area contributed by atoms with Crippen molar-refractivity contribution in [3.8, 4) is 0 Å². The molecule has 33 nitrogen and oxygen atoms in total. The molecule has 0 aromatic carbocycles. The van der Waals surface area contributed by atoms with Gasteiger partial charge in [-0.3, -0.25) is 9.59 Å². The highest BCUT2D eigenvalue weighted by atomic mass is 16.8. The van der Waals surface area contributed by atoms with Gasteiger partial charge in [0.2, 0.25) is 0 Å². The maximum absolute atomic E-state index is 14.6. The van der Waals surface area contributed by atoms with Crippen molar-refractivity contribution in [3.63, 3.8) is 0 Å². The molecule has 22 unspecified atom stereocenters. The molecule has 11 aliphatic rings. The van der Waals surface area contributed by atoms with Crippen LogP contribution in [0.25, 0.3) is 0 Å². The molecule has 4 aliphatic carbocycles. The summed E-state index contributed by atoms with van der Waals surface area (Å²) in [5, 5.41) is 188. The standard InChI is InChI=1S/C66H104O33/c1-25(2)10-9-15-65(7)54-28(72)18-64(6)27-11-12-35-62(3,4)36(14-16-63(35,5)26(27)13-17-66(54,64)61(85)99-65)94-60-53(41(77)34(24-87-60)93-57-47(83)51(39(75)31(21-69)89-57)97-58-46(82)50(86-8)38(74)30(20-68)90-58)98-56-45(81)43(79)49(33(23-71)92-56)95-59-48(84)52(40(76)32(22-70)91-59)96-55-44(80)42(78)37(73)29(19-67)88-55/h13,27,29-60,67-71,73-84H,1,9-12,14-24H2,2-8H3/t27?,29?,30?,31?,32?,33?,34?,35?,36-,37?,38?,39?,40?,41-,42-,43+,44?,45?,46?,47?,48?,49?,50-,51-,52-,53?,54?,55-,56-,57-,58-,59-,60-,63+,64?,65+,66?/m0/s1. The van der Waals surface area contributed by atoms with Gasteiger partial charge >= 0.3 is 5.97 Å². The predicted octanol–water partition coefficient (Wildman–Crippen LogP) is -5.59. The van der Waals surface area contributed by atoms with Crippen LogP contribution in [0.4, 0.5) is 0 Å². The average molecular weight is 1430 g/mol. The summed E-state index contributed by atoms with van der Waals surface area (Å²) in [6.07, 6.45) is -46.7. The number of carbonyl (C=O) groups excluding carboxylic acids is 2. The van der Waals surface area contributed by atoms with Gasteiger partial charge in [-0.05, 0) is 93.3 Å². The quantitative estimate of drug-likeness (QED) is 0.0273. The second-order valence-corrected chi connectivity index (χ2v) is 30.4. The lowest BCUT2D eigenvalue weighted by Crippen LogP contribution is -2.68. The van der Waals surface area contributed by atoms with Gasteiger partial charge in [0.1, 0.15) is 152 Å². The normalized spacial score (nSPS) is 52.1. The van der Waals surface area contributed by atoms with Crippen molar-refractivity contribution >= 4 is 11.8 Å². The van der Waals surface area contributed by atoms with Crippen LogP contribution in [0.5, 0.6) is 0 Å². The number of methoxy groups -OCH3 is 1. The lowest BCUT2D eigenvalue weighted by molar-refractivity contribution is -0.399. The largest absolute Gasteiger partial charge is 0.458 e. The molecule has 0 bridgehead atoms. The van der Waals surface area contributed by atoms with Crippen LogP contribution in [0.1, 0.15) is 99.3 Å². The molecule has 566 valence electrons. The van der Waals surface area contributed by atoms with E-state index in [1.165, 1.54) is 12.7 Å². The van der Waals surface area contributed by atoms with E-state index in [1.807, 2.05) is 13.8 Å². The minimum absolute atomic E-state index is 0.0339. The second-order valence-electron chi connectivity index (χ2n) is 30.4. The SMILES string of the molecule is C=C(C)CCC[C@@]1(C)OC(=O)C23CC=C4C(CCC5C(C)(C)[C@@H](O[C@@H]6OCC(O[C@@H]7OC(CO)C(O)[C@H](O[C@@H]8OC(CO)C(O)[C@H](OC)C8O)C7O)[C@H](O)C6O[C@@H]6OC(CO)C(O[C@@H]7OC(CO)C(O)[C@H](O[C@@H]8OC(CO)C(O)[C@H](O)C8O)C7O)[C@H](O)C6O)CC[C@]45C)C2(C)CC(=O)C31. The van der Waals surface area contributed by atoms with Crippen LogP contribution in [0.15, 0.2) is 23.8 Å². The maximum Gasteiger partial charge on any atom is 0.314 e. The first kappa shape index (κ1) is 77.5. The van der Waals surface area contributed by atoms with E-state index in [1.54, 1.807) is 0 Å². The number of ether oxygens (including phenoxy) is 14. The van der Waals surface area contributed by atoms with Gasteiger partial charge < -0.3 is 153 Å². The summed E-state index contributed by atoms with van der Waals surface area (Å²) in [4.78, 5) is 29.1. The molecule has 7 saturated heterocycles. The summed E-state index contributed by atoms with van der Waals surface area (Å²) in [6, 6.07) is 0. The molecule has 10 fully saturated rings. The molecule has 33 heteroatoms. The van der Waals surface area contributed by atoms with E-state index in [0.29, 0.717) is 44.9 Å². The van der Waals surface area contributed by atoms with Gasteiger partial charge in [-0.25, -0.2) is 0 Å². The third kappa shape index (κ3) is 13.4. The van der Waals surface area contributed by atoms with Crippen LogP contribution in [-0.2, 0) is 75.9 Å². The maximum atomic E-state index is 14.6. The molecule has 0 aromatic rings. The molecular formula is C66H104O33. The number of rotatable bonds is 22. The van der Waals surface area contributed by atoms with Crippen molar-refractivity contribution in [1.29, 1.82) is 0 Å². The topological polar surface area (TPSA) is 507 Å². The number of aliphatic hydroxyl groups excluding tert-OH is 17. The van der Waals surface area contributed by atoms with E-state index in [0.717, 1.165) is 12.0 Å². The van der Waals surface area contributed by atoms with Crippen LogP contribution >= 0.6 is 0 Å². The fraction of sp³-hybridized carbons (Fsp3) is 0.909. The molecule has 0 amide bonds. The van der Waals surface area contributed by atoms with Crippen molar-refractivity contribution in [3.05, 3.63) is 23.8 Å². The first-order chi connectivity index (χ1) is 46.7.